The summed E-state index contributed by atoms with van der Waals surface area (Å²) in [6.07, 6.45) is 0.967. The van der Waals surface area contributed by atoms with Gasteiger partial charge in [0, 0.05) is 30.3 Å². The van der Waals surface area contributed by atoms with E-state index >= 15 is 0 Å². The maximum atomic E-state index is 5.52. The standard InChI is InChI=1S/C15H17N3O/c1-3-16-14-8-10(2)17-15(18-14)12-4-5-13-11(9-12)6-7-19-13/h4-5,8-9H,3,6-7H2,1-2H3,(H,16,17,18). The molecule has 0 saturated heterocycles. The second kappa shape index (κ2) is 4.88. The number of fused-ring (bicyclic) bond motifs is 1. The van der Waals surface area contributed by atoms with Crippen LogP contribution >= 0.6 is 0 Å². The highest BCUT2D eigenvalue weighted by Crippen LogP contribution is 2.29. The van der Waals surface area contributed by atoms with Crippen LogP contribution in [0, 0.1) is 6.92 Å². The molecule has 98 valence electrons. The van der Waals surface area contributed by atoms with Crippen LogP contribution in [0.15, 0.2) is 24.3 Å². The van der Waals surface area contributed by atoms with Gasteiger partial charge in [-0.1, -0.05) is 0 Å². The van der Waals surface area contributed by atoms with Crippen molar-refractivity contribution in [2.24, 2.45) is 0 Å². The zero-order chi connectivity index (χ0) is 13.2. The summed E-state index contributed by atoms with van der Waals surface area (Å²) in [6.45, 7) is 5.68. The lowest BCUT2D eigenvalue weighted by molar-refractivity contribution is 0.357. The average Bonchev–Trinajstić information content (AvgIpc) is 2.85. The predicted octanol–water partition coefficient (Wildman–Crippen LogP) is 2.82. The van der Waals surface area contributed by atoms with Crippen molar-refractivity contribution in [2.45, 2.75) is 20.3 Å². The predicted molar refractivity (Wildman–Crippen MR) is 75.6 cm³/mol. The largest absolute Gasteiger partial charge is 0.493 e. The molecule has 3 rings (SSSR count). The molecule has 0 bridgehead atoms. The summed E-state index contributed by atoms with van der Waals surface area (Å²) in [5.74, 6) is 2.63. The summed E-state index contributed by atoms with van der Waals surface area (Å²) >= 11 is 0. The van der Waals surface area contributed by atoms with Crippen LogP contribution < -0.4 is 10.1 Å². The fourth-order valence-corrected chi connectivity index (χ4v) is 2.29. The van der Waals surface area contributed by atoms with E-state index in [1.807, 2.05) is 25.1 Å². The number of hydrogen-bond donors (Lipinski definition) is 1. The number of rotatable bonds is 3. The quantitative estimate of drug-likeness (QED) is 0.916. The molecule has 1 aliphatic rings. The van der Waals surface area contributed by atoms with E-state index in [2.05, 4.69) is 28.3 Å². The van der Waals surface area contributed by atoms with Crippen molar-refractivity contribution in [3.63, 3.8) is 0 Å². The smallest absolute Gasteiger partial charge is 0.161 e. The molecule has 0 radical (unpaired) electrons. The maximum absolute atomic E-state index is 5.52. The molecule has 0 aliphatic carbocycles. The maximum Gasteiger partial charge on any atom is 0.161 e. The molecule has 0 unspecified atom stereocenters. The molecule has 1 aromatic heterocycles. The molecular weight excluding hydrogens is 238 g/mol. The first-order valence-corrected chi connectivity index (χ1v) is 6.62. The zero-order valence-corrected chi connectivity index (χ0v) is 11.2. The van der Waals surface area contributed by atoms with Crippen LogP contribution in [-0.4, -0.2) is 23.1 Å². The molecule has 0 atom stereocenters. The van der Waals surface area contributed by atoms with Crippen molar-refractivity contribution < 1.29 is 4.74 Å². The number of nitrogens with zero attached hydrogens (tertiary/aromatic N) is 2. The minimum atomic E-state index is 0.769. The first-order valence-electron chi connectivity index (χ1n) is 6.62. The molecule has 4 nitrogen and oxygen atoms in total. The minimum absolute atomic E-state index is 0.769. The normalized spacial score (nSPS) is 12.9. The number of aromatic nitrogens is 2. The van der Waals surface area contributed by atoms with E-state index in [0.717, 1.165) is 48.2 Å². The number of anilines is 1. The fourth-order valence-electron chi connectivity index (χ4n) is 2.29. The Balaban J connectivity index is 2.01. The molecule has 2 heterocycles. The number of nitrogens with one attached hydrogen (secondary N) is 1. The fraction of sp³-hybridized carbons (Fsp3) is 0.333. The van der Waals surface area contributed by atoms with Crippen LogP contribution in [0.3, 0.4) is 0 Å². The van der Waals surface area contributed by atoms with E-state index < -0.39 is 0 Å². The van der Waals surface area contributed by atoms with Crippen LogP contribution in [0.4, 0.5) is 5.82 Å². The Morgan fingerprint density at radius 3 is 3.00 bits per heavy atom. The van der Waals surface area contributed by atoms with Gasteiger partial charge in [-0.25, -0.2) is 9.97 Å². The van der Waals surface area contributed by atoms with Crippen molar-refractivity contribution in [3.05, 3.63) is 35.5 Å². The van der Waals surface area contributed by atoms with Crippen LogP contribution in [0.5, 0.6) is 5.75 Å². The van der Waals surface area contributed by atoms with Crippen molar-refractivity contribution in [3.8, 4) is 17.1 Å². The summed E-state index contributed by atoms with van der Waals surface area (Å²) in [6, 6.07) is 8.13. The van der Waals surface area contributed by atoms with Crippen molar-refractivity contribution in [1.82, 2.24) is 9.97 Å². The number of hydrogen-bond acceptors (Lipinski definition) is 4. The topological polar surface area (TPSA) is 47.0 Å². The number of aryl methyl sites for hydroxylation is 1. The third-order valence-corrected chi connectivity index (χ3v) is 3.16. The summed E-state index contributed by atoms with van der Waals surface area (Å²) in [4.78, 5) is 9.08. The zero-order valence-electron chi connectivity index (χ0n) is 11.2. The third-order valence-electron chi connectivity index (χ3n) is 3.16. The molecule has 0 spiro atoms. The molecule has 1 aliphatic heterocycles. The van der Waals surface area contributed by atoms with E-state index in [-0.39, 0.29) is 0 Å². The summed E-state index contributed by atoms with van der Waals surface area (Å²) < 4.78 is 5.52. The molecule has 4 heteroatoms. The van der Waals surface area contributed by atoms with E-state index in [0.29, 0.717) is 0 Å². The van der Waals surface area contributed by atoms with Crippen LogP contribution in [-0.2, 0) is 6.42 Å². The Morgan fingerprint density at radius 1 is 1.26 bits per heavy atom. The lowest BCUT2D eigenvalue weighted by Gasteiger charge is -2.08. The van der Waals surface area contributed by atoms with Gasteiger partial charge >= 0.3 is 0 Å². The molecule has 0 saturated carbocycles. The molecule has 19 heavy (non-hydrogen) atoms. The first-order chi connectivity index (χ1) is 9.26. The van der Waals surface area contributed by atoms with Gasteiger partial charge in [0.1, 0.15) is 11.6 Å². The molecule has 0 amide bonds. The Morgan fingerprint density at radius 2 is 2.16 bits per heavy atom. The summed E-state index contributed by atoms with van der Waals surface area (Å²) in [5, 5.41) is 3.24. The van der Waals surface area contributed by atoms with Gasteiger partial charge in [-0.05, 0) is 37.6 Å². The molecule has 0 fully saturated rings. The second-order valence-electron chi connectivity index (χ2n) is 4.67. The Labute approximate surface area is 112 Å². The van der Waals surface area contributed by atoms with Gasteiger partial charge in [-0.3, -0.25) is 0 Å². The SMILES string of the molecule is CCNc1cc(C)nc(-c2ccc3c(c2)CCO3)n1. The van der Waals surface area contributed by atoms with Crippen LogP contribution in [0.2, 0.25) is 0 Å². The lowest BCUT2D eigenvalue weighted by Crippen LogP contribution is -2.02. The van der Waals surface area contributed by atoms with E-state index in [1.165, 1.54) is 5.56 Å². The summed E-state index contributed by atoms with van der Waals surface area (Å²) in [7, 11) is 0. The van der Waals surface area contributed by atoms with Gasteiger partial charge in [0.2, 0.25) is 0 Å². The number of ether oxygens (including phenoxy) is 1. The van der Waals surface area contributed by atoms with Crippen molar-refractivity contribution >= 4 is 5.82 Å². The van der Waals surface area contributed by atoms with E-state index in [9.17, 15) is 0 Å². The molecular formula is C15H17N3O. The van der Waals surface area contributed by atoms with Gasteiger partial charge in [0.25, 0.3) is 0 Å². The van der Waals surface area contributed by atoms with E-state index in [1.54, 1.807) is 0 Å². The van der Waals surface area contributed by atoms with Crippen molar-refractivity contribution in [1.29, 1.82) is 0 Å². The highest BCUT2D eigenvalue weighted by Gasteiger charge is 2.14. The first kappa shape index (κ1) is 12.0. The highest BCUT2D eigenvalue weighted by atomic mass is 16.5. The molecule has 2 aromatic rings. The van der Waals surface area contributed by atoms with Gasteiger partial charge in [0.15, 0.2) is 5.82 Å². The average molecular weight is 255 g/mol. The van der Waals surface area contributed by atoms with Crippen LogP contribution in [0.1, 0.15) is 18.2 Å². The Kier molecular flexibility index (Phi) is 3.07. The third kappa shape index (κ3) is 2.38. The van der Waals surface area contributed by atoms with E-state index in [4.69, 9.17) is 4.74 Å². The second-order valence-corrected chi connectivity index (χ2v) is 4.67. The van der Waals surface area contributed by atoms with Gasteiger partial charge < -0.3 is 10.1 Å². The molecule has 1 N–H and O–H groups in total. The van der Waals surface area contributed by atoms with Gasteiger partial charge in [-0.15, -0.1) is 0 Å². The number of benzene rings is 1. The van der Waals surface area contributed by atoms with Gasteiger partial charge in [-0.2, -0.15) is 0 Å². The Bertz CT molecular complexity index is 610. The monoisotopic (exact) mass is 255 g/mol. The van der Waals surface area contributed by atoms with Gasteiger partial charge in [0.05, 0.1) is 6.61 Å². The molecule has 1 aromatic carbocycles. The van der Waals surface area contributed by atoms with Crippen molar-refractivity contribution in [2.75, 3.05) is 18.5 Å². The Hall–Kier alpha value is -2.10. The van der Waals surface area contributed by atoms with Crippen LogP contribution in [0.25, 0.3) is 11.4 Å². The minimum Gasteiger partial charge on any atom is -0.493 e. The lowest BCUT2D eigenvalue weighted by atomic mass is 10.1. The highest BCUT2D eigenvalue weighted by molar-refractivity contribution is 5.61. The summed E-state index contributed by atoms with van der Waals surface area (Å²) in [5.41, 5.74) is 3.26.